The maximum absolute atomic E-state index is 12.5. The third-order valence-corrected chi connectivity index (χ3v) is 5.98. The number of nitrogens with one attached hydrogen (secondary N) is 1. The van der Waals surface area contributed by atoms with Crippen LogP contribution in [0.3, 0.4) is 0 Å². The molecule has 1 saturated heterocycles. The number of aryl methyl sites for hydroxylation is 1. The average Bonchev–Trinajstić information content (AvgIpc) is 3.51. The molecule has 1 fully saturated rings. The molecule has 1 aliphatic heterocycles. The van der Waals surface area contributed by atoms with Crippen LogP contribution in [0.1, 0.15) is 23.9 Å². The van der Waals surface area contributed by atoms with Gasteiger partial charge in [0, 0.05) is 43.4 Å². The molecule has 164 valence electrons. The van der Waals surface area contributed by atoms with Gasteiger partial charge < -0.3 is 19.3 Å². The van der Waals surface area contributed by atoms with E-state index < -0.39 is 0 Å². The van der Waals surface area contributed by atoms with E-state index in [0.717, 1.165) is 30.0 Å². The Morgan fingerprint density at radius 1 is 1.26 bits per heavy atom. The van der Waals surface area contributed by atoms with E-state index in [1.807, 2.05) is 29.0 Å². The molecule has 1 amide bonds. The molecule has 1 aromatic carbocycles. The Kier molecular flexibility index (Phi) is 7.29. The van der Waals surface area contributed by atoms with Crippen LogP contribution in [0, 0.1) is 0 Å². The first-order valence-electron chi connectivity index (χ1n) is 10.3. The van der Waals surface area contributed by atoms with E-state index in [0.29, 0.717) is 44.3 Å². The largest absolute Gasteiger partial charge is 0.497 e. The van der Waals surface area contributed by atoms with Crippen molar-refractivity contribution in [2.45, 2.75) is 18.9 Å². The molecule has 3 heterocycles. The van der Waals surface area contributed by atoms with Gasteiger partial charge in [-0.25, -0.2) is 0 Å². The van der Waals surface area contributed by atoms with E-state index in [2.05, 4.69) is 32.5 Å². The second kappa shape index (κ2) is 10.5. The summed E-state index contributed by atoms with van der Waals surface area (Å²) in [6, 6.07) is 10.0. The molecule has 1 aliphatic rings. The molecule has 0 radical (unpaired) electrons. The molecule has 31 heavy (non-hydrogen) atoms. The second-order valence-electron chi connectivity index (χ2n) is 7.27. The van der Waals surface area contributed by atoms with Gasteiger partial charge in [-0.1, -0.05) is 17.3 Å². The molecule has 8 nitrogen and oxygen atoms in total. The minimum Gasteiger partial charge on any atom is -0.497 e. The Hall–Kier alpha value is -2.75. The molecule has 0 saturated carbocycles. The van der Waals surface area contributed by atoms with Gasteiger partial charge in [0.1, 0.15) is 5.75 Å². The number of ether oxygens (including phenoxy) is 2. The minimum absolute atomic E-state index is 0.0398. The first-order chi connectivity index (χ1) is 15.2. The number of hydrogen-bond donors (Lipinski definition) is 1. The van der Waals surface area contributed by atoms with Crippen molar-refractivity contribution in [1.82, 2.24) is 20.4 Å². The number of aromatic nitrogens is 2. The second-order valence-corrected chi connectivity index (χ2v) is 8.05. The van der Waals surface area contributed by atoms with Crippen LogP contribution in [-0.4, -0.2) is 60.9 Å². The topological polar surface area (TPSA) is 89.7 Å². The average molecular weight is 443 g/mol. The Morgan fingerprint density at radius 2 is 2.06 bits per heavy atom. The molecule has 1 atom stereocenters. The lowest BCUT2D eigenvalue weighted by Crippen LogP contribution is -2.43. The molecule has 4 rings (SSSR count). The SMILES string of the molecule is COc1ccc(C(CNC(=O)CCc2nc(-c3ccsc3)no2)N2CCOCC2)cc1. The van der Waals surface area contributed by atoms with Crippen LogP contribution in [0.15, 0.2) is 45.6 Å². The summed E-state index contributed by atoms with van der Waals surface area (Å²) in [6.45, 7) is 3.59. The lowest BCUT2D eigenvalue weighted by molar-refractivity contribution is -0.121. The maximum Gasteiger partial charge on any atom is 0.227 e. The molecule has 1 N–H and O–H groups in total. The van der Waals surface area contributed by atoms with Gasteiger partial charge in [-0.2, -0.15) is 16.3 Å². The van der Waals surface area contributed by atoms with Crippen molar-refractivity contribution >= 4 is 17.2 Å². The number of benzene rings is 1. The van der Waals surface area contributed by atoms with Crippen LogP contribution in [0.5, 0.6) is 5.75 Å². The highest BCUT2D eigenvalue weighted by atomic mass is 32.1. The van der Waals surface area contributed by atoms with Crippen LogP contribution in [0.4, 0.5) is 0 Å². The van der Waals surface area contributed by atoms with Gasteiger partial charge in [0.15, 0.2) is 0 Å². The van der Waals surface area contributed by atoms with E-state index in [9.17, 15) is 4.79 Å². The number of carbonyl (C=O) groups excluding carboxylic acids is 1. The van der Waals surface area contributed by atoms with Gasteiger partial charge in [0.25, 0.3) is 0 Å². The summed E-state index contributed by atoms with van der Waals surface area (Å²) in [6.07, 6.45) is 0.706. The number of hydrogen-bond acceptors (Lipinski definition) is 8. The molecule has 0 bridgehead atoms. The minimum atomic E-state index is -0.0398. The van der Waals surface area contributed by atoms with Crippen LogP contribution < -0.4 is 10.1 Å². The van der Waals surface area contributed by atoms with Gasteiger partial charge in [0.2, 0.25) is 17.6 Å². The standard InChI is InChI=1S/C22H26N4O4S/c1-28-18-4-2-16(3-5-18)19(26-9-11-29-12-10-26)14-23-20(27)6-7-21-24-22(25-30-21)17-8-13-31-15-17/h2-5,8,13,15,19H,6-7,9-12,14H2,1H3,(H,23,27). The normalized spacial score (nSPS) is 15.5. The third-order valence-electron chi connectivity index (χ3n) is 5.29. The highest BCUT2D eigenvalue weighted by Gasteiger charge is 2.23. The predicted octanol–water partition coefficient (Wildman–Crippen LogP) is 2.93. The van der Waals surface area contributed by atoms with Gasteiger partial charge in [-0.15, -0.1) is 0 Å². The number of carbonyl (C=O) groups is 1. The first-order valence-corrected chi connectivity index (χ1v) is 11.2. The molecule has 2 aromatic heterocycles. The highest BCUT2D eigenvalue weighted by molar-refractivity contribution is 7.08. The number of rotatable bonds is 9. The summed E-state index contributed by atoms with van der Waals surface area (Å²) in [5, 5.41) is 11.0. The summed E-state index contributed by atoms with van der Waals surface area (Å²) in [7, 11) is 1.65. The Labute approximate surface area is 185 Å². The summed E-state index contributed by atoms with van der Waals surface area (Å²) < 4.78 is 16.0. The monoisotopic (exact) mass is 442 g/mol. The third kappa shape index (κ3) is 5.69. The number of amides is 1. The summed E-state index contributed by atoms with van der Waals surface area (Å²) in [5.74, 6) is 1.80. The van der Waals surface area contributed by atoms with E-state index in [4.69, 9.17) is 14.0 Å². The molecule has 0 spiro atoms. The fourth-order valence-corrected chi connectivity index (χ4v) is 4.19. The van der Waals surface area contributed by atoms with Crippen molar-refractivity contribution < 1.29 is 18.8 Å². The quantitative estimate of drug-likeness (QED) is 0.545. The van der Waals surface area contributed by atoms with Crippen LogP contribution >= 0.6 is 11.3 Å². The van der Waals surface area contributed by atoms with Crippen molar-refractivity contribution in [3.63, 3.8) is 0 Å². The fraction of sp³-hybridized carbons (Fsp3) is 0.409. The van der Waals surface area contributed by atoms with Crippen LogP contribution in [0.2, 0.25) is 0 Å². The van der Waals surface area contributed by atoms with Crippen molar-refractivity contribution in [3.8, 4) is 17.1 Å². The number of methoxy groups -OCH3 is 1. The number of thiophene rings is 1. The molecular formula is C22H26N4O4S. The van der Waals surface area contributed by atoms with E-state index >= 15 is 0 Å². The Balaban J connectivity index is 1.33. The molecule has 1 unspecified atom stereocenters. The van der Waals surface area contributed by atoms with E-state index in [1.54, 1.807) is 18.4 Å². The lowest BCUT2D eigenvalue weighted by atomic mass is 10.0. The number of nitrogens with zero attached hydrogens (tertiary/aromatic N) is 3. The van der Waals surface area contributed by atoms with Gasteiger partial charge in [-0.3, -0.25) is 9.69 Å². The maximum atomic E-state index is 12.5. The summed E-state index contributed by atoms with van der Waals surface area (Å²) in [4.78, 5) is 19.2. The predicted molar refractivity (Wildman–Crippen MR) is 117 cm³/mol. The zero-order valence-electron chi connectivity index (χ0n) is 17.5. The lowest BCUT2D eigenvalue weighted by Gasteiger charge is -2.35. The Morgan fingerprint density at radius 3 is 2.77 bits per heavy atom. The van der Waals surface area contributed by atoms with Crippen molar-refractivity contribution in [3.05, 3.63) is 52.5 Å². The van der Waals surface area contributed by atoms with Crippen LogP contribution in [0.25, 0.3) is 11.4 Å². The smallest absolute Gasteiger partial charge is 0.227 e. The zero-order valence-corrected chi connectivity index (χ0v) is 18.3. The van der Waals surface area contributed by atoms with Crippen LogP contribution in [-0.2, 0) is 16.0 Å². The molecular weight excluding hydrogens is 416 g/mol. The number of morpholine rings is 1. The molecule has 9 heteroatoms. The van der Waals surface area contributed by atoms with Gasteiger partial charge in [-0.05, 0) is 29.1 Å². The highest BCUT2D eigenvalue weighted by Crippen LogP contribution is 2.24. The van der Waals surface area contributed by atoms with Crippen molar-refractivity contribution in [2.24, 2.45) is 0 Å². The van der Waals surface area contributed by atoms with E-state index in [1.165, 1.54) is 0 Å². The molecule has 0 aliphatic carbocycles. The summed E-state index contributed by atoms with van der Waals surface area (Å²) in [5.41, 5.74) is 2.07. The van der Waals surface area contributed by atoms with Crippen molar-refractivity contribution in [2.75, 3.05) is 40.0 Å². The zero-order chi connectivity index (χ0) is 21.5. The van der Waals surface area contributed by atoms with Gasteiger partial charge in [0.05, 0.1) is 26.4 Å². The Bertz CT molecular complexity index is 952. The molecule has 3 aromatic rings. The summed E-state index contributed by atoms with van der Waals surface area (Å²) >= 11 is 1.58. The first kappa shape index (κ1) is 21.5. The fourth-order valence-electron chi connectivity index (χ4n) is 3.56. The van der Waals surface area contributed by atoms with Gasteiger partial charge >= 0.3 is 0 Å². The van der Waals surface area contributed by atoms with Crippen molar-refractivity contribution in [1.29, 1.82) is 0 Å². The van der Waals surface area contributed by atoms with E-state index in [-0.39, 0.29) is 11.9 Å².